The van der Waals surface area contributed by atoms with Crippen molar-refractivity contribution in [1.29, 1.82) is 0 Å². The lowest BCUT2D eigenvalue weighted by Crippen LogP contribution is -2.56. The van der Waals surface area contributed by atoms with Gasteiger partial charge in [-0.15, -0.1) is 5.10 Å². The fourth-order valence-corrected chi connectivity index (χ4v) is 4.33. The highest BCUT2D eigenvalue weighted by Gasteiger charge is 2.37. The molecule has 2 aromatic rings. The number of rotatable bonds is 4. The van der Waals surface area contributed by atoms with Gasteiger partial charge in [0.05, 0.1) is 10.9 Å². The molecular formula is C14H15ClN4O2S. The Balaban J connectivity index is 1.70. The van der Waals surface area contributed by atoms with Gasteiger partial charge in [0.1, 0.15) is 5.82 Å². The molecule has 0 radical (unpaired) electrons. The summed E-state index contributed by atoms with van der Waals surface area (Å²) < 4.78 is 26.6. The normalized spacial score (nSPS) is 16.3. The maximum Gasteiger partial charge on any atom is 0.243 e. The van der Waals surface area contributed by atoms with E-state index >= 15 is 0 Å². The summed E-state index contributed by atoms with van der Waals surface area (Å²) in [6.07, 6.45) is 1.59. The predicted octanol–water partition coefficient (Wildman–Crippen LogP) is 1.92. The van der Waals surface area contributed by atoms with E-state index in [4.69, 9.17) is 11.6 Å². The highest BCUT2D eigenvalue weighted by molar-refractivity contribution is 7.89. The third-order valence-electron chi connectivity index (χ3n) is 3.61. The maximum absolute atomic E-state index is 12.6. The molecule has 3 rings (SSSR count). The number of benzene rings is 1. The zero-order chi connectivity index (χ0) is 15.7. The van der Waals surface area contributed by atoms with E-state index in [9.17, 15) is 8.42 Å². The first-order valence-corrected chi connectivity index (χ1v) is 8.60. The minimum atomic E-state index is -3.51. The van der Waals surface area contributed by atoms with Crippen LogP contribution in [-0.2, 0) is 10.0 Å². The van der Waals surface area contributed by atoms with Gasteiger partial charge in [0.15, 0.2) is 0 Å². The summed E-state index contributed by atoms with van der Waals surface area (Å²) in [5.74, 6) is 0.642. The van der Waals surface area contributed by atoms with Crippen molar-refractivity contribution in [3.05, 3.63) is 47.1 Å². The standard InChI is InChI=1S/C14H15ClN4O2S/c1-10-12(15)4-2-5-13(10)22(20,21)19-8-11(9-19)17-14-6-3-7-16-18-14/h2-7,11H,8-9H2,1H3,(H,17,18). The first kappa shape index (κ1) is 15.2. The summed E-state index contributed by atoms with van der Waals surface area (Å²) in [5.41, 5.74) is 0.578. The zero-order valence-electron chi connectivity index (χ0n) is 11.9. The molecule has 0 bridgehead atoms. The van der Waals surface area contributed by atoms with E-state index in [1.54, 1.807) is 43.5 Å². The quantitative estimate of drug-likeness (QED) is 0.921. The van der Waals surface area contributed by atoms with Gasteiger partial charge in [0.25, 0.3) is 0 Å². The topological polar surface area (TPSA) is 75.2 Å². The molecule has 0 saturated carbocycles. The Kier molecular flexibility index (Phi) is 4.03. The van der Waals surface area contributed by atoms with Crippen LogP contribution >= 0.6 is 11.6 Å². The van der Waals surface area contributed by atoms with Crippen LogP contribution in [0.2, 0.25) is 5.02 Å². The van der Waals surface area contributed by atoms with Gasteiger partial charge in [-0.3, -0.25) is 0 Å². The molecule has 1 aromatic carbocycles. The maximum atomic E-state index is 12.6. The van der Waals surface area contributed by atoms with Crippen molar-refractivity contribution in [2.45, 2.75) is 17.9 Å². The molecule has 1 aromatic heterocycles. The van der Waals surface area contributed by atoms with E-state index < -0.39 is 10.0 Å². The van der Waals surface area contributed by atoms with Crippen molar-refractivity contribution < 1.29 is 8.42 Å². The van der Waals surface area contributed by atoms with Crippen LogP contribution in [-0.4, -0.2) is 42.1 Å². The van der Waals surface area contributed by atoms with Gasteiger partial charge >= 0.3 is 0 Å². The van der Waals surface area contributed by atoms with Gasteiger partial charge in [-0.1, -0.05) is 17.7 Å². The average molecular weight is 339 g/mol. The summed E-state index contributed by atoms with van der Waals surface area (Å²) in [5, 5.41) is 11.3. The molecule has 0 atom stereocenters. The second-order valence-corrected chi connectivity index (χ2v) is 7.45. The van der Waals surface area contributed by atoms with Crippen molar-refractivity contribution >= 4 is 27.4 Å². The first-order chi connectivity index (χ1) is 10.5. The number of halogens is 1. The van der Waals surface area contributed by atoms with Gasteiger partial charge in [-0.2, -0.15) is 9.40 Å². The summed E-state index contributed by atoms with van der Waals surface area (Å²) >= 11 is 6.01. The van der Waals surface area contributed by atoms with Crippen LogP contribution in [0.25, 0.3) is 0 Å². The number of nitrogens with zero attached hydrogens (tertiary/aromatic N) is 3. The minimum Gasteiger partial charge on any atom is -0.363 e. The Morgan fingerprint density at radius 3 is 2.73 bits per heavy atom. The van der Waals surface area contributed by atoms with Crippen molar-refractivity contribution in [2.75, 3.05) is 18.4 Å². The molecule has 116 valence electrons. The number of aromatic nitrogens is 2. The monoisotopic (exact) mass is 338 g/mol. The van der Waals surface area contributed by atoms with Crippen molar-refractivity contribution in [3.63, 3.8) is 0 Å². The Hall–Kier alpha value is -1.70. The Morgan fingerprint density at radius 1 is 1.27 bits per heavy atom. The summed E-state index contributed by atoms with van der Waals surface area (Å²) in [7, 11) is -3.51. The molecule has 0 unspecified atom stereocenters. The average Bonchev–Trinajstić information content (AvgIpc) is 2.46. The van der Waals surface area contributed by atoms with Gasteiger partial charge in [-0.05, 0) is 36.8 Å². The van der Waals surface area contributed by atoms with E-state index in [2.05, 4.69) is 15.5 Å². The van der Waals surface area contributed by atoms with Crippen LogP contribution in [0.4, 0.5) is 5.82 Å². The number of hydrogen-bond donors (Lipinski definition) is 1. The lowest BCUT2D eigenvalue weighted by atomic mass is 10.2. The van der Waals surface area contributed by atoms with Crippen molar-refractivity contribution in [3.8, 4) is 0 Å². The van der Waals surface area contributed by atoms with E-state index in [0.29, 0.717) is 29.5 Å². The molecule has 1 fully saturated rings. The smallest absolute Gasteiger partial charge is 0.243 e. The van der Waals surface area contributed by atoms with Crippen LogP contribution in [0.15, 0.2) is 41.4 Å². The molecular weight excluding hydrogens is 324 g/mol. The minimum absolute atomic E-state index is 0.0333. The van der Waals surface area contributed by atoms with Crippen LogP contribution in [0, 0.1) is 6.92 Å². The molecule has 1 aliphatic rings. The predicted molar refractivity (Wildman–Crippen MR) is 84.4 cm³/mol. The number of anilines is 1. The zero-order valence-corrected chi connectivity index (χ0v) is 13.5. The van der Waals surface area contributed by atoms with Gasteiger partial charge in [0, 0.05) is 24.3 Å². The molecule has 1 aliphatic heterocycles. The summed E-state index contributed by atoms with van der Waals surface area (Å²) in [4.78, 5) is 0.262. The van der Waals surface area contributed by atoms with Gasteiger partial charge < -0.3 is 5.32 Å². The Morgan fingerprint density at radius 2 is 2.05 bits per heavy atom. The van der Waals surface area contributed by atoms with Gasteiger partial charge in [0.2, 0.25) is 10.0 Å². The molecule has 1 N–H and O–H groups in total. The highest BCUT2D eigenvalue weighted by Crippen LogP contribution is 2.28. The van der Waals surface area contributed by atoms with E-state index in [1.807, 2.05) is 0 Å². The second kappa shape index (κ2) is 5.83. The lowest BCUT2D eigenvalue weighted by molar-refractivity contribution is 0.280. The van der Waals surface area contributed by atoms with E-state index in [1.165, 1.54) is 4.31 Å². The molecule has 1 saturated heterocycles. The van der Waals surface area contributed by atoms with E-state index in [0.717, 1.165) is 0 Å². The molecule has 6 nitrogen and oxygen atoms in total. The molecule has 0 spiro atoms. The molecule has 8 heteroatoms. The molecule has 0 aliphatic carbocycles. The third kappa shape index (κ3) is 2.79. The van der Waals surface area contributed by atoms with Crippen LogP contribution < -0.4 is 5.32 Å². The Bertz CT molecular complexity index is 777. The number of hydrogen-bond acceptors (Lipinski definition) is 5. The highest BCUT2D eigenvalue weighted by atomic mass is 35.5. The van der Waals surface area contributed by atoms with Crippen molar-refractivity contribution in [1.82, 2.24) is 14.5 Å². The lowest BCUT2D eigenvalue weighted by Gasteiger charge is -2.38. The first-order valence-electron chi connectivity index (χ1n) is 6.78. The SMILES string of the molecule is Cc1c(Cl)cccc1S(=O)(=O)N1CC(Nc2cccnn2)C1. The van der Waals surface area contributed by atoms with Crippen LogP contribution in [0.1, 0.15) is 5.56 Å². The molecule has 0 amide bonds. The van der Waals surface area contributed by atoms with Crippen molar-refractivity contribution in [2.24, 2.45) is 0 Å². The summed E-state index contributed by atoms with van der Waals surface area (Å²) in [6, 6.07) is 8.52. The Labute approximate surface area is 134 Å². The molecule has 2 heterocycles. The van der Waals surface area contributed by atoms with Crippen LogP contribution in [0.5, 0.6) is 0 Å². The van der Waals surface area contributed by atoms with Crippen LogP contribution in [0.3, 0.4) is 0 Å². The molecule has 22 heavy (non-hydrogen) atoms. The fourth-order valence-electron chi connectivity index (χ4n) is 2.32. The van der Waals surface area contributed by atoms with Gasteiger partial charge in [-0.25, -0.2) is 8.42 Å². The third-order valence-corrected chi connectivity index (χ3v) is 5.99. The van der Waals surface area contributed by atoms with E-state index in [-0.39, 0.29) is 10.9 Å². The number of sulfonamides is 1. The summed E-state index contributed by atoms with van der Waals surface area (Å²) in [6.45, 7) is 2.50. The largest absolute Gasteiger partial charge is 0.363 e. The fraction of sp³-hybridized carbons (Fsp3) is 0.286. The number of nitrogens with one attached hydrogen (secondary N) is 1. The second-order valence-electron chi connectivity index (χ2n) is 5.14.